The van der Waals surface area contributed by atoms with Gasteiger partial charge in [-0.05, 0) is 77.9 Å². The van der Waals surface area contributed by atoms with E-state index in [9.17, 15) is 0 Å². The SMILES string of the molecule is Clc1ccc(-c2cccc(-n3c4ccccc4c4ccc(-c5ccc6c(c5)c5ccccc5n6-c5ccccc5)cc43)n2)cc1. The Kier molecular flexibility index (Phi) is 5.87. The number of aromatic nitrogens is 3. The molecule has 9 rings (SSSR count). The lowest BCUT2D eigenvalue weighted by Gasteiger charge is -2.11. The second-order valence-electron chi connectivity index (χ2n) is 11.4. The van der Waals surface area contributed by atoms with Gasteiger partial charge in [0.1, 0.15) is 5.82 Å². The molecule has 0 aliphatic rings. The topological polar surface area (TPSA) is 22.8 Å². The zero-order valence-corrected chi connectivity index (χ0v) is 25.0. The second kappa shape index (κ2) is 10.2. The van der Waals surface area contributed by atoms with Crippen molar-refractivity contribution < 1.29 is 0 Å². The molecular formula is C41H26ClN3. The molecule has 4 heteroatoms. The molecule has 0 radical (unpaired) electrons. The molecule has 0 saturated heterocycles. The van der Waals surface area contributed by atoms with Crippen molar-refractivity contribution in [2.24, 2.45) is 0 Å². The van der Waals surface area contributed by atoms with Gasteiger partial charge in [-0.2, -0.15) is 0 Å². The maximum Gasteiger partial charge on any atom is 0.138 e. The normalized spacial score (nSPS) is 11.7. The van der Waals surface area contributed by atoms with Gasteiger partial charge in [-0.3, -0.25) is 4.57 Å². The molecule has 0 unspecified atom stereocenters. The molecule has 0 amide bonds. The highest BCUT2D eigenvalue weighted by Crippen LogP contribution is 2.38. The Morgan fingerprint density at radius 3 is 1.80 bits per heavy atom. The second-order valence-corrected chi connectivity index (χ2v) is 11.8. The predicted molar refractivity (Wildman–Crippen MR) is 189 cm³/mol. The van der Waals surface area contributed by atoms with E-state index in [1.807, 2.05) is 30.3 Å². The minimum Gasteiger partial charge on any atom is -0.309 e. The summed E-state index contributed by atoms with van der Waals surface area (Å²) >= 11 is 6.17. The van der Waals surface area contributed by atoms with Crippen LogP contribution in [0.2, 0.25) is 5.02 Å². The summed E-state index contributed by atoms with van der Waals surface area (Å²) in [5.74, 6) is 0.882. The minimum absolute atomic E-state index is 0.715. The maximum atomic E-state index is 6.17. The minimum atomic E-state index is 0.715. The Hall–Kier alpha value is -5.64. The van der Waals surface area contributed by atoms with Crippen molar-refractivity contribution in [3.8, 4) is 33.9 Å². The van der Waals surface area contributed by atoms with E-state index in [0.717, 1.165) is 33.8 Å². The van der Waals surface area contributed by atoms with Gasteiger partial charge in [0.15, 0.2) is 0 Å². The van der Waals surface area contributed by atoms with E-state index < -0.39 is 0 Å². The monoisotopic (exact) mass is 595 g/mol. The summed E-state index contributed by atoms with van der Waals surface area (Å²) in [6, 6.07) is 55.5. The van der Waals surface area contributed by atoms with Crippen molar-refractivity contribution in [3.63, 3.8) is 0 Å². The Bertz CT molecular complexity index is 2540. The largest absolute Gasteiger partial charge is 0.309 e. The lowest BCUT2D eigenvalue weighted by Crippen LogP contribution is -1.98. The molecule has 3 aromatic heterocycles. The first kappa shape index (κ1) is 25.8. The molecule has 212 valence electrons. The summed E-state index contributed by atoms with van der Waals surface area (Å²) in [4.78, 5) is 5.14. The maximum absolute atomic E-state index is 6.17. The van der Waals surface area contributed by atoms with Crippen LogP contribution in [-0.2, 0) is 0 Å². The first-order valence-corrected chi connectivity index (χ1v) is 15.5. The van der Waals surface area contributed by atoms with Gasteiger partial charge < -0.3 is 4.57 Å². The number of halogens is 1. The zero-order valence-electron chi connectivity index (χ0n) is 24.2. The Balaban J connectivity index is 1.25. The van der Waals surface area contributed by atoms with Gasteiger partial charge >= 0.3 is 0 Å². The average molecular weight is 596 g/mol. The summed E-state index contributed by atoms with van der Waals surface area (Å²) in [7, 11) is 0. The highest BCUT2D eigenvalue weighted by Gasteiger charge is 2.16. The molecule has 6 aromatic carbocycles. The average Bonchev–Trinajstić information content (AvgIpc) is 3.61. The van der Waals surface area contributed by atoms with Crippen molar-refractivity contribution in [2.45, 2.75) is 0 Å². The number of nitrogens with zero attached hydrogens (tertiary/aromatic N) is 3. The van der Waals surface area contributed by atoms with Crippen LogP contribution in [0, 0.1) is 0 Å². The molecule has 45 heavy (non-hydrogen) atoms. The van der Waals surface area contributed by atoms with E-state index in [-0.39, 0.29) is 0 Å². The highest BCUT2D eigenvalue weighted by atomic mass is 35.5. The van der Waals surface area contributed by atoms with Crippen LogP contribution in [0.15, 0.2) is 158 Å². The standard InChI is InChI=1S/C41H26ClN3/c42-30-21-17-27(18-22-30)36-13-8-16-41(43-36)45-38-15-7-4-11-32(38)34-23-19-29(26-40(34)45)28-20-24-39-35(25-28)33-12-5-6-14-37(33)44(39)31-9-2-1-3-10-31/h1-26H. The molecule has 0 aliphatic heterocycles. The van der Waals surface area contributed by atoms with Gasteiger partial charge in [0.2, 0.25) is 0 Å². The van der Waals surface area contributed by atoms with Gasteiger partial charge in [-0.25, -0.2) is 4.98 Å². The quantitative estimate of drug-likeness (QED) is 0.198. The fourth-order valence-corrected chi connectivity index (χ4v) is 6.86. The van der Waals surface area contributed by atoms with Gasteiger partial charge in [0.05, 0.1) is 27.8 Å². The zero-order chi connectivity index (χ0) is 29.9. The molecule has 9 aromatic rings. The van der Waals surface area contributed by atoms with Crippen LogP contribution in [-0.4, -0.2) is 14.1 Å². The van der Waals surface area contributed by atoms with Crippen LogP contribution in [0.1, 0.15) is 0 Å². The van der Waals surface area contributed by atoms with E-state index in [2.05, 4.69) is 137 Å². The number of para-hydroxylation sites is 3. The van der Waals surface area contributed by atoms with Crippen LogP contribution >= 0.6 is 11.6 Å². The van der Waals surface area contributed by atoms with E-state index in [0.29, 0.717) is 5.02 Å². The van der Waals surface area contributed by atoms with Crippen molar-refractivity contribution in [1.29, 1.82) is 0 Å². The third-order valence-corrected chi connectivity index (χ3v) is 9.05. The Morgan fingerprint density at radius 2 is 1.00 bits per heavy atom. The fourth-order valence-electron chi connectivity index (χ4n) is 6.73. The summed E-state index contributed by atoms with van der Waals surface area (Å²) < 4.78 is 4.64. The van der Waals surface area contributed by atoms with Gasteiger partial charge in [-0.1, -0.05) is 103 Å². The van der Waals surface area contributed by atoms with Crippen molar-refractivity contribution in [2.75, 3.05) is 0 Å². The third kappa shape index (κ3) is 4.16. The van der Waals surface area contributed by atoms with Gasteiger partial charge in [0, 0.05) is 37.8 Å². The summed E-state index contributed by atoms with van der Waals surface area (Å²) in [5, 5.41) is 5.61. The third-order valence-electron chi connectivity index (χ3n) is 8.80. The van der Waals surface area contributed by atoms with E-state index in [1.54, 1.807) is 0 Å². The number of hydrogen-bond donors (Lipinski definition) is 0. The Morgan fingerprint density at radius 1 is 0.400 bits per heavy atom. The van der Waals surface area contributed by atoms with Gasteiger partial charge in [0.25, 0.3) is 0 Å². The predicted octanol–water partition coefficient (Wildman–Crippen LogP) is 11.3. The van der Waals surface area contributed by atoms with Crippen LogP contribution < -0.4 is 0 Å². The summed E-state index contributed by atoms with van der Waals surface area (Å²) in [5.41, 5.74) is 10.1. The first-order chi connectivity index (χ1) is 22.2. The molecule has 0 N–H and O–H groups in total. The Labute approximate surface area is 265 Å². The van der Waals surface area contributed by atoms with Crippen LogP contribution in [0.5, 0.6) is 0 Å². The number of fused-ring (bicyclic) bond motifs is 6. The van der Waals surface area contributed by atoms with Gasteiger partial charge in [-0.15, -0.1) is 0 Å². The molecule has 0 saturated carbocycles. The van der Waals surface area contributed by atoms with E-state index >= 15 is 0 Å². The first-order valence-electron chi connectivity index (χ1n) is 15.1. The van der Waals surface area contributed by atoms with Crippen molar-refractivity contribution >= 4 is 55.2 Å². The van der Waals surface area contributed by atoms with Crippen LogP contribution in [0.3, 0.4) is 0 Å². The lowest BCUT2D eigenvalue weighted by molar-refractivity contribution is 1.08. The smallest absolute Gasteiger partial charge is 0.138 e. The highest BCUT2D eigenvalue weighted by molar-refractivity contribution is 6.30. The number of rotatable bonds is 4. The molecule has 3 heterocycles. The molecule has 3 nitrogen and oxygen atoms in total. The van der Waals surface area contributed by atoms with E-state index in [1.165, 1.54) is 43.7 Å². The summed E-state index contributed by atoms with van der Waals surface area (Å²) in [6.45, 7) is 0. The van der Waals surface area contributed by atoms with Crippen LogP contribution in [0.4, 0.5) is 0 Å². The van der Waals surface area contributed by atoms with E-state index in [4.69, 9.17) is 16.6 Å². The molecule has 0 aliphatic carbocycles. The number of benzene rings is 6. The fraction of sp³-hybridized carbons (Fsp3) is 0. The van der Waals surface area contributed by atoms with Crippen molar-refractivity contribution in [1.82, 2.24) is 14.1 Å². The van der Waals surface area contributed by atoms with Crippen LogP contribution in [0.25, 0.3) is 77.5 Å². The molecule has 0 spiro atoms. The molecule has 0 fully saturated rings. The van der Waals surface area contributed by atoms with Crippen molar-refractivity contribution in [3.05, 3.63) is 163 Å². The number of hydrogen-bond acceptors (Lipinski definition) is 1. The molecule has 0 bridgehead atoms. The molecule has 0 atom stereocenters. The lowest BCUT2D eigenvalue weighted by atomic mass is 10.0. The molecular weight excluding hydrogens is 570 g/mol. The number of pyridine rings is 1. The summed E-state index contributed by atoms with van der Waals surface area (Å²) in [6.07, 6.45) is 0.